The fourth-order valence-electron chi connectivity index (χ4n) is 1.17. The molecule has 0 saturated carbocycles. The van der Waals surface area contributed by atoms with Crippen LogP contribution in [-0.4, -0.2) is 16.1 Å². The van der Waals surface area contributed by atoms with Gasteiger partial charge in [-0.05, 0) is 5.56 Å². The fraction of sp³-hybridized carbons (Fsp3) is 0.333. The zero-order valence-corrected chi connectivity index (χ0v) is 9.40. The molecule has 16 heavy (non-hydrogen) atoms. The minimum Gasteiger partial charge on any atom is -0.481 e. The molecular weight excluding hydrogens is 263 g/mol. The summed E-state index contributed by atoms with van der Waals surface area (Å²) in [6.07, 6.45) is -2.25. The maximum absolute atomic E-state index is 12.5. The van der Waals surface area contributed by atoms with E-state index < -0.39 is 18.8 Å². The third-order valence-corrected chi connectivity index (χ3v) is 2.63. The van der Waals surface area contributed by atoms with Crippen LogP contribution >= 0.6 is 23.2 Å². The summed E-state index contributed by atoms with van der Waals surface area (Å²) < 4.78 is 25.0. The predicted molar refractivity (Wildman–Crippen MR) is 55.1 cm³/mol. The van der Waals surface area contributed by atoms with E-state index in [0.717, 1.165) is 6.20 Å². The van der Waals surface area contributed by atoms with Crippen molar-refractivity contribution in [2.45, 2.75) is 18.7 Å². The Bertz CT molecular complexity index is 413. The second-order valence-electron chi connectivity index (χ2n) is 2.96. The zero-order chi connectivity index (χ0) is 12.3. The zero-order valence-electron chi connectivity index (χ0n) is 7.88. The molecule has 0 aromatic carbocycles. The van der Waals surface area contributed by atoms with Gasteiger partial charge in [-0.25, -0.2) is 8.78 Å². The normalized spacial score (nSPS) is 10.8. The molecule has 0 unspecified atom stereocenters. The van der Waals surface area contributed by atoms with Crippen molar-refractivity contribution in [2.75, 3.05) is 0 Å². The van der Waals surface area contributed by atoms with Crippen LogP contribution in [0.5, 0.6) is 0 Å². The topological polar surface area (TPSA) is 50.2 Å². The van der Waals surface area contributed by atoms with Crippen molar-refractivity contribution in [3.63, 3.8) is 0 Å². The molecule has 1 rings (SSSR count). The number of aliphatic carboxylic acids is 1. The van der Waals surface area contributed by atoms with Crippen LogP contribution in [-0.2, 0) is 17.1 Å². The third-order valence-electron chi connectivity index (χ3n) is 1.91. The Balaban J connectivity index is 3.23. The summed E-state index contributed by atoms with van der Waals surface area (Å²) in [6, 6.07) is 0. The molecule has 1 heterocycles. The van der Waals surface area contributed by atoms with Gasteiger partial charge < -0.3 is 5.11 Å². The summed E-state index contributed by atoms with van der Waals surface area (Å²) in [5.41, 5.74) is -0.298. The van der Waals surface area contributed by atoms with Gasteiger partial charge in [-0.1, -0.05) is 11.6 Å². The molecule has 0 fully saturated rings. The number of hydrogen-bond acceptors (Lipinski definition) is 2. The van der Waals surface area contributed by atoms with Crippen LogP contribution in [0.25, 0.3) is 0 Å². The van der Waals surface area contributed by atoms with Gasteiger partial charge in [-0.15, -0.1) is 11.6 Å². The van der Waals surface area contributed by atoms with Crippen LogP contribution in [0, 0.1) is 0 Å². The summed E-state index contributed by atoms with van der Waals surface area (Å²) in [6.45, 7) is 0. The predicted octanol–water partition coefficient (Wildman–Crippen LogP) is 3.04. The first-order valence-corrected chi connectivity index (χ1v) is 5.10. The Morgan fingerprint density at radius 1 is 1.56 bits per heavy atom. The molecule has 0 bridgehead atoms. The monoisotopic (exact) mass is 269 g/mol. The van der Waals surface area contributed by atoms with E-state index in [0.29, 0.717) is 0 Å². The van der Waals surface area contributed by atoms with Crippen molar-refractivity contribution in [2.24, 2.45) is 0 Å². The molecule has 0 saturated heterocycles. The molecule has 88 valence electrons. The number of halogens is 4. The number of rotatable bonds is 4. The maximum atomic E-state index is 12.5. The minimum absolute atomic E-state index is 0.0320. The average molecular weight is 270 g/mol. The van der Waals surface area contributed by atoms with Crippen molar-refractivity contribution >= 4 is 29.2 Å². The van der Waals surface area contributed by atoms with Crippen molar-refractivity contribution in [3.8, 4) is 0 Å². The van der Waals surface area contributed by atoms with Gasteiger partial charge in [0.2, 0.25) is 0 Å². The van der Waals surface area contributed by atoms with Crippen molar-refractivity contribution < 1.29 is 18.7 Å². The number of nitrogens with zero attached hydrogens (tertiary/aromatic N) is 1. The Kier molecular flexibility index (Phi) is 4.44. The first-order valence-electron chi connectivity index (χ1n) is 4.19. The van der Waals surface area contributed by atoms with Crippen LogP contribution in [0.3, 0.4) is 0 Å². The second kappa shape index (κ2) is 5.41. The molecule has 0 spiro atoms. The highest BCUT2D eigenvalue weighted by atomic mass is 35.5. The van der Waals surface area contributed by atoms with Crippen LogP contribution in [0.1, 0.15) is 23.2 Å². The molecule has 0 amide bonds. The van der Waals surface area contributed by atoms with Gasteiger partial charge in [-0.3, -0.25) is 9.78 Å². The van der Waals surface area contributed by atoms with Gasteiger partial charge in [0, 0.05) is 17.6 Å². The first-order chi connectivity index (χ1) is 7.47. The molecule has 1 aromatic rings. The van der Waals surface area contributed by atoms with Crippen LogP contribution in [0.2, 0.25) is 5.02 Å². The molecule has 0 radical (unpaired) electrons. The van der Waals surface area contributed by atoms with E-state index in [4.69, 9.17) is 28.3 Å². The number of aromatic nitrogens is 1. The summed E-state index contributed by atoms with van der Waals surface area (Å²) >= 11 is 11.3. The second-order valence-corrected chi connectivity index (χ2v) is 3.60. The van der Waals surface area contributed by atoms with E-state index in [1.54, 1.807) is 0 Å². The van der Waals surface area contributed by atoms with Crippen molar-refractivity contribution in [1.82, 2.24) is 4.98 Å². The Hall–Kier alpha value is -0.940. The SMILES string of the molecule is O=C(O)Cc1ncc(C(F)F)c(CCl)c1Cl. The van der Waals surface area contributed by atoms with E-state index in [1.807, 2.05) is 0 Å². The average Bonchev–Trinajstić information content (AvgIpc) is 2.19. The number of hydrogen-bond donors (Lipinski definition) is 1. The number of carboxylic acids is 1. The van der Waals surface area contributed by atoms with Gasteiger partial charge >= 0.3 is 5.97 Å². The lowest BCUT2D eigenvalue weighted by atomic mass is 10.1. The molecule has 1 aromatic heterocycles. The summed E-state index contributed by atoms with van der Waals surface area (Å²) in [7, 11) is 0. The van der Waals surface area contributed by atoms with Gasteiger partial charge in [-0.2, -0.15) is 0 Å². The number of carbonyl (C=O) groups is 1. The standard InChI is InChI=1S/C9H7Cl2F2NO2/c10-2-4-5(9(12)13)3-14-6(8(4)11)1-7(15)16/h3,9H,1-2H2,(H,15,16). The number of pyridine rings is 1. The van der Waals surface area contributed by atoms with Crippen LogP contribution in [0.4, 0.5) is 8.78 Å². The van der Waals surface area contributed by atoms with E-state index in [-0.39, 0.29) is 27.7 Å². The van der Waals surface area contributed by atoms with Crippen molar-refractivity contribution in [3.05, 3.63) is 28.0 Å². The molecule has 0 aliphatic carbocycles. The largest absolute Gasteiger partial charge is 0.481 e. The number of carboxylic acid groups (broad SMARTS) is 1. The molecule has 0 aliphatic heterocycles. The van der Waals surface area contributed by atoms with E-state index in [2.05, 4.69) is 4.98 Å². The number of alkyl halides is 3. The van der Waals surface area contributed by atoms with Gasteiger partial charge in [0.05, 0.1) is 17.1 Å². The van der Waals surface area contributed by atoms with E-state index in [9.17, 15) is 13.6 Å². The lowest BCUT2D eigenvalue weighted by Crippen LogP contribution is -2.06. The lowest BCUT2D eigenvalue weighted by Gasteiger charge is -2.10. The third kappa shape index (κ3) is 2.80. The molecule has 1 N–H and O–H groups in total. The highest BCUT2D eigenvalue weighted by Crippen LogP contribution is 2.30. The Morgan fingerprint density at radius 2 is 2.19 bits per heavy atom. The van der Waals surface area contributed by atoms with Gasteiger partial charge in [0.1, 0.15) is 0 Å². The molecular formula is C9H7Cl2F2NO2. The minimum atomic E-state index is -2.74. The summed E-state index contributed by atoms with van der Waals surface area (Å²) in [4.78, 5) is 14.1. The molecule has 0 aliphatic rings. The molecule has 3 nitrogen and oxygen atoms in total. The van der Waals surface area contributed by atoms with E-state index >= 15 is 0 Å². The first kappa shape index (κ1) is 13.1. The van der Waals surface area contributed by atoms with Crippen LogP contribution in [0.15, 0.2) is 6.20 Å². The van der Waals surface area contributed by atoms with Gasteiger partial charge in [0.25, 0.3) is 6.43 Å². The summed E-state index contributed by atoms with van der Waals surface area (Å²) in [5, 5.41) is 8.45. The highest BCUT2D eigenvalue weighted by molar-refractivity contribution is 6.33. The van der Waals surface area contributed by atoms with Gasteiger partial charge in [0.15, 0.2) is 0 Å². The quantitative estimate of drug-likeness (QED) is 0.855. The Labute approximate surface area is 100 Å². The maximum Gasteiger partial charge on any atom is 0.309 e. The fourth-order valence-corrected chi connectivity index (χ4v) is 1.82. The van der Waals surface area contributed by atoms with Crippen molar-refractivity contribution in [1.29, 1.82) is 0 Å². The summed E-state index contributed by atoms with van der Waals surface area (Å²) in [5.74, 6) is -1.35. The lowest BCUT2D eigenvalue weighted by molar-refractivity contribution is -0.136. The van der Waals surface area contributed by atoms with Crippen LogP contribution < -0.4 is 0 Å². The molecule has 0 atom stereocenters. The highest BCUT2D eigenvalue weighted by Gasteiger charge is 2.19. The van der Waals surface area contributed by atoms with E-state index in [1.165, 1.54) is 0 Å². The molecule has 7 heteroatoms. The smallest absolute Gasteiger partial charge is 0.309 e. The Morgan fingerprint density at radius 3 is 2.62 bits per heavy atom.